The highest BCUT2D eigenvalue weighted by atomic mass is 16.4. The Hall–Kier alpha value is -3.22. The summed E-state index contributed by atoms with van der Waals surface area (Å²) in [6, 6.07) is 7.93. The van der Waals surface area contributed by atoms with Gasteiger partial charge in [0.15, 0.2) is 11.5 Å². The van der Waals surface area contributed by atoms with Crippen LogP contribution in [0.4, 0.5) is 5.69 Å². The van der Waals surface area contributed by atoms with Crippen molar-refractivity contribution >= 4 is 28.7 Å². The highest BCUT2D eigenvalue weighted by Crippen LogP contribution is 2.25. The molecule has 0 saturated heterocycles. The number of nitrogens with zero attached hydrogens (tertiary/aromatic N) is 2. The van der Waals surface area contributed by atoms with Crippen LogP contribution in [0.15, 0.2) is 40.9 Å². The van der Waals surface area contributed by atoms with E-state index in [0.717, 1.165) is 0 Å². The van der Waals surface area contributed by atoms with E-state index >= 15 is 0 Å². The molecule has 2 N–H and O–H groups in total. The molecule has 3 aromatic rings. The molecule has 0 unspecified atom stereocenters. The van der Waals surface area contributed by atoms with E-state index in [1.54, 1.807) is 18.2 Å². The van der Waals surface area contributed by atoms with Gasteiger partial charge in [-0.3, -0.25) is 4.79 Å². The van der Waals surface area contributed by atoms with Crippen LogP contribution in [0.3, 0.4) is 0 Å². The van der Waals surface area contributed by atoms with Gasteiger partial charge in [-0.05, 0) is 35.7 Å². The number of rotatable bonds is 4. The van der Waals surface area contributed by atoms with Crippen LogP contribution in [0.1, 0.15) is 47.5 Å². The van der Waals surface area contributed by atoms with Gasteiger partial charge in [-0.1, -0.05) is 20.8 Å². The highest BCUT2D eigenvalue weighted by molar-refractivity contribution is 6.05. The monoisotopic (exact) mass is 353 g/mol. The molecule has 0 aliphatic carbocycles. The summed E-state index contributed by atoms with van der Waals surface area (Å²) in [7, 11) is 0. The third-order valence-electron chi connectivity index (χ3n) is 3.62. The van der Waals surface area contributed by atoms with E-state index < -0.39 is 5.97 Å². The number of carbonyl (C=O) groups excluding carboxylic acids is 1. The van der Waals surface area contributed by atoms with Crippen LogP contribution in [0.5, 0.6) is 0 Å². The summed E-state index contributed by atoms with van der Waals surface area (Å²) in [6.07, 6.45) is 1.94. The molecule has 0 aliphatic rings. The molecule has 0 atom stereocenters. The minimum atomic E-state index is -1.14. The summed E-state index contributed by atoms with van der Waals surface area (Å²) in [5.74, 6) is -0.865. The zero-order valence-electron chi connectivity index (χ0n) is 14.7. The third kappa shape index (κ3) is 4.05. The van der Waals surface area contributed by atoms with Crippen molar-refractivity contribution in [1.82, 2.24) is 9.97 Å². The van der Waals surface area contributed by atoms with Gasteiger partial charge in [-0.25, -0.2) is 14.8 Å². The lowest BCUT2D eigenvalue weighted by molar-refractivity contribution is 0.0690. The number of carbonyl (C=O) groups is 2. The quantitative estimate of drug-likeness (QED) is 0.740. The Labute approximate surface area is 150 Å². The zero-order chi connectivity index (χ0) is 18.9. The molecular weight excluding hydrogens is 334 g/mol. The average molecular weight is 353 g/mol. The van der Waals surface area contributed by atoms with Crippen molar-refractivity contribution in [2.75, 3.05) is 5.32 Å². The molecule has 3 rings (SSSR count). The summed E-state index contributed by atoms with van der Waals surface area (Å²) < 4.78 is 5.73. The second kappa shape index (κ2) is 6.59. The van der Waals surface area contributed by atoms with Gasteiger partial charge in [0.05, 0.1) is 5.56 Å². The van der Waals surface area contributed by atoms with Gasteiger partial charge in [0, 0.05) is 18.3 Å². The van der Waals surface area contributed by atoms with Gasteiger partial charge in [0.1, 0.15) is 11.2 Å². The highest BCUT2D eigenvalue weighted by Gasteiger charge is 2.16. The Morgan fingerprint density at radius 3 is 2.58 bits per heavy atom. The van der Waals surface area contributed by atoms with E-state index in [2.05, 4.69) is 36.1 Å². The molecule has 26 heavy (non-hydrogen) atoms. The predicted octanol–water partition coefficient (Wildman–Crippen LogP) is 3.76. The molecular formula is C19H19N3O4. The van der Waals surface area contributed by atoms with Crippen molar-refractivity contribution in [2.45, 2.75) is 27.2 Å². The lowest BCUT2D eigenvalue weighted by Gasteiger charge is -2.14. The van der Waals surface area contributed by atoms with Crippen LogP contribution in [0.2, 0.25) is 0 Å². The number of anilines is 1. The van der Waals surface area contributed by atoms with Crippen molar-refractivity contribution in [3.05, 3.63) is 53.7 Å². The SMILES string of the molecule is CC(C)(C)Cc1nc2cc(NC(=O)c3ccc(C(=O)O)nc3)ccc2o1. The second-order valence-corrected chi connectivity index (χ2v) is 7.22. The number of carboxylic acid groups (broad SMARTS) is 1. The number of nitrogens with one attached hydrogen (secondary N) is 1. The Bertz CT molecular complexity index is 969. The largest absolute Gasteiger partial charge is 0.477 e. The van der Waals surface area contributed by atoms with Crippen molar-refractivity contribution in [1.29, 1.82) is 0 Å². The molecule has 0 spiro atoms. The summed E-state index contributed by atoms with van der Waals surface area (Å²) >= 11 is 0. The number of hydrogen-bond donors (Lipinski definition) is 2. The first-order valence-corrected chi connectivity index (χ1v) is 8.11. The number of fused-ring (bicyclic) bond motifs is 1. The summed E-state index contributed by atoms with van der Waals surface area (Å²) in [5.41, 5.74) is 2.12. The number of benzene rings is 1. The molecule has 7 nitrogen and oxygen atoms in total. The minimum Gasteiger partial charge on any atom is -0.477 e. The first-order chi connectivity index (χ1) is 12.2. The van der Waals surface area contributed by atoms with E-state index in [-0.39, 0.29) is 22.6 Å². The number of oxazole rings is 1. The van der Waals surface area contributed by atoms with Gasteiger partial charge in [-0.15, -0.1) is 0 Å². The molecule has 0 saturated carbocycles. The molecule has 2 heterocycles. The molecule has 7 heteroatoms. The van der Waals surface area contributed by atoms with Gasteiger partial charge < -0.3 is 14.8 Å². The fraction of sp³-hybridized carbons (Fsp3) is 0.263. The molecule has 2 aromatic heterocycles. The number of carboxylic acids is 1. The van der Waals surface area contributed by atoms with Gasteiger partial charge in [0.25, 0.3) is 5.91 Å². The molecule has 1 aromatic carbocycles. The number of aromatic carboxylic acids is 1. The fourth-order valence-corrected chi connectivity index (χ4v) is 2.44. The van der Waals surface area contributed by atoms with E-state index in [0.29, 0.717) is 29.1 Å². The molecule has 1 amide bonds. The van der Waals surface area contributed by atoms with E-state index in [1.807, 2.05) is 0 Å². The number of pyridine rings is 1. The summed E-state index contributed by atoms with van der Waals surface area (Å²) in [5, 5.41) is 11.6. The standard InChI is InChI=1S/C19H19N3O4/c1-19(2,3)9-16-22-14-8-12(5-7-15(14)26-16)21-17(23)11-4-6-13(18(24)25)20-10-11/h4-8,10H,9H2,1-3H3,(H,21,23)(H,24,25). The van der Waals surface area contributed by atoms with Crippen LogP contribution in [-0.4, -0.2) is 27.0 Å². The van der Waals surface area contributed by atoms with E-state index in [4.69, 9.17) is 9.52 Å². The second-order valence-electron chi connectivity index (χ2n) is 7.22. The Morgan fingerprint density at radius 1 is 1.19 bits per heavy atom. The van der Waals surface area contributed by atoms with Crippen molar-refractivity contribution < 1.29 is 19.1 Å². The third-order valence-corrected chi connectivity index (χ3v) is 3.62. The minimum absolute atomic E-state index is 0.0625. The summed E-state index contributed by atoms with van der Waals surface area (Å²) in [4.78, 5) is 31.3. The Morgan fingerprint density at radius 2 is 1.96 bits per heavy atom. The van der Waals surface area contributed by atoms with Crippen LogP contribution >= 0.6 is 0 Å². The lowest BCUT2D eigenvalue weighted by Crippen LogP contribution is -2.13. The van der Waals surface area contributed by atoms with Gasteiger partial charge in [-0.2, -0.15) is 0 Å². The van der Waals surface area contributed by atoms with Crippen LogP contribution in [-0.2, 0) is 6.42 Å². The number of hydrogen-bond acceptors (Lipinski definition) is 5. The predicted molar refractivity (Wildman–Crippen MR) is 96.3 cm³/mol. The maximum Gasteiger partial charge on any atom is 0.354 e. The van der Waals surface area contributed by atoms with Crippen molar-refractivity contribution in [3.8, 4) is 0 Å². The molecule has 0 aliphatic heterocycles. The van der Waals surface area contributed by atoms with Crippen molar-refractivity contribution in [2.24, 2.45) is 5.41 Å². The zero-order valence-corrected chi connectivity index (χ0v) is 14.7. The van der Waals surface area contributed by atoms with E-state index in [9.17, 15) is 9.59 Å². The van der Waals surface area contributed by atoms with Crippen LogP contribution < -0.4 is 5.32 Å². The normalized spacial score (nSPS) is 11.5. The smallest absolute Gasteiger partial charge is 0.354 e. The van der Waals surface area contributed by atoms with Gasteiger partial charge >= 0.3 is 5.97 Å². The number of amides is 1. The number of aromatic nitrogens is 2. The topological polar surface area (TPSA) is 105 Å². The lowest BCUT2D eigenvalue weighted by atomic mass is 9.92. The molecule has 134 valence electrons. The maximum absolute atomic E-state index is 12.3. The van der Waals surface area contributed by atoms with Crippen molar-refractivity contribution in [3.63, 3.8) is 0 Å². The molecule has 0 fully saturated rings. The van der Waals surface area contributed by atoms with Gasteiger partial charge in [0.2, 0.25) is 0 Å². The summed E-state index contributed by atoms with van der Waals surface area (Å²) in [6.45, 7) is 6.32. The molecule has 0 radical (unpaired) electrons. The van der Waals surface area contributed by atoms with Crippen LogP contribution in [0, 0.1) is 5.41 Å². The van der Waals surface area contributed by atoms with E-state index in [1.165, 1.54) is 18.3 Å². The average Bonchev–Trinajstić information content (AvgIpc) is 2.94. The molecule has 0 bridgehead atoms. The first kappa shape index (κ1) is 17.6. The maximum atomic E-state index is 12.3. The first-order valence-electron chi connectivity index (χ1n) is 8.11. The van der Waals surface area contributed by atoms with Crippen LogP contribution in [0.25, 0.3) is 11.1 Å². The Kier molecular flexibility index (Phi) is 4.46. The fourth-order valence-electron chi connectivity index (χ4n) is 2.44. The Balaban J connectivity index is 1.77.